The zero-order chi connectivity index (χ0) is 77.7. The lowest BCUT2D eigenvalue weighted by Crippen LogP contribution is -2.62. The molecule has 2 aliphatic rings. The fourth-order valence-electron chi connectivity index (χ4n) is 12.7. The molecule has 0 aromatic heterocycles. The number of likely N-dealkylation sites (tertiary alicyclic amines) is 1. The molecule has 0 aliphatic carbocycles. The van der Waals surface area contributed by atoms with Gasteiger partial charge in [0.15, 0.2) is 0 Å². The van der Waals surface area contributed by atoms with Gasteiger partial charge in [-0.15, -0.1) is 0 Å². The molecule has 0 spiro atoms. The first-order chi connectivity index (χ1) is 47.3. The number of nitrogens with zero attached hydrogens (tertiary/aromatic N) is 9. The molecular formula is C75H127N13O14. The summed E-state index contributed by atoms with van der Waals surface area (Å²) in [6.07, 6.45) is 1.49. The van der Waals surface area contributed by atoms with Crippen molar-refractivity contribution in [3.63, 3.8) is 0 Å². The lowest BCUT2D eigenvalue weighted by Gasteiger charge is -2.38. The summed E-state index contributed by atoms with van der Waals surface area (Å²) in [6, 6.07) is -5.71. The predicted octanol–water partition coefficient (Wildman–Crippen LogP) is 4.33. The Hall–Kier alpha value is -7.71. The molecule has 1 aromatic rings. The van der Waals surface area contributed by atoms with Crippen LogP contribution in [0, 0.1) is 29.6 Å². The van der Waals surface area contributed by atoms with Crippen LogP contribution < -0.4 is 21.3 Å². The van der Waals surface area contributed by atoms with Crippen LogP contribution in [-0.4, -0.2) is 276 Å². The summed E-state index contributed by atoms with van der Waals surface area (Å²) in [5.41, 5.74) is -0.196. The van der Waals surface area contributed by atoms with E-state index in [0.29, 0.717) is 31.5 Å². The van der Waals surface area contributed by atoms with Gasteiger partial charge in [0, 0.05) is 89.4 Å². The molecule has 4 N–H and O–H groups in total. The SMILES string of the molecule is CC(C)C[C@@H]1NC(=O)[C@H](Cc2ccccc2)N(C)C(=O)[C@H](C)N(C)C(=O)C[C@@H](C(=O)N2CCCCC2)NC(=O)[C@H](CC(C)C)N(C)C(=O)[C@H](CC(C)C)N(C)C(=O)[C@H](COC(C)(C)C)NC(=O)[C@H](CC(C)C)N(C)C(=O)[C@H](C)N(C)C(=O)[C@H](CCC(=O)N(C)C)NC(=O)[C@H](CC(C)C)N(C)C1=O. The number of carbonyl (C=O) groups excluding carboxylic acids is 13. The average Bonchev–Trinajstić information content (AvgIpc) is 0.822. The molecule has 0 unspecified atom stereocenters. The van der Waals surface area contributed by atoms with E-state index in [-0.39, 0.29) is 93.5 Å². The van der Waals surface area contributed by atoms with Crippen LogP contribution in [0.3, 0.4) is 0 Å². The van der Waals surface area contributed by atoms with Crippen LogP contribution in [-0.2, 0) is 73.5 Å². The Labute approximate surface area is 608 Å². The van der Waals surface area contributed by atoms with Crippen LogP contribution in [0.5, 0.6) is 0 Å². The van der Waals surface area contributed by atoms with Gasteiger partial charge in [-0.2, -0.15) is 0 Å². The summed E-state index contributed by atoms with van der Waals surface area (Å²) in [4.78, 5) is 206. The minimum atomic E-state index is -1.48. The summed E-state index contributed by atoms with van der Waals surface area (Å²) in [5.74, 6) is -9.92. The maximum Gasteiger partial charge on any atom is 0.247 e. The Morgan fingerprint density at radius 3 is 1.32 bits per heavy atom. The maximum absolute atomic E-state index is 15.4. The van der Waals surface area contributed by atoms with Crippen LogP contribution in [0.1, 0.15) is 180 Å². The van der Waals surface area contributed by atoms with Crippen LogP contribution in [0.25, 0.3) is 0 Å². The molecule has 2 heterocycles. The quantitative estimate of drug-likeness (QED) is 0.159. The zero-order valence-electron chi connectivity index (χ0n) is 66.0. The Bertz CT molecular complexity index is 3020. The molecule has 11 atom stereocenters. The molecule has 3 rings (SSSR count). The highest BCUT2D eigenvalue weighted by atomic mass is 16.5. The summed E-state index contributed by atoms with van der Waals surface area (Å²) in [6.45, 7) is 27.1. The Morgan fingerprint density at radius 2 is 0.853 bits per heavy atom. The smallest absolute Gasteiger partial charge is 0.247 e. The van der Waals surface area contributed by atoms with Gasteiger partial charge in [-0.25, -0.2) is 0 Å². The van der Waals surface area contributed by atoms with Gasteiger partial charge in [-0.05, 0) is 128 Å². The van der Waals surface area contributed by atoms with Gasteiger partial charge in [0.25, 0.3) is 0 Å². The molecular weight excluding hydrogens is 1310 g/mol. The lowest BCUT2D eigenvalue weighted by molar-refractivity contribution is -0.153. The van der Waals surface area contributed by atoms with E-state index in [2.05, 4.69) is 21.3 Å². The fraction of sp³-hybridized carbons (Fsp3) is 0.747. The number of rotatable bonds is 18. The lowest BCUT2D eigenvalue weighted by atomic mass is 9.97. The summed E-state index contributed by atoms with van der Waals surface area (Å²) in [5, 5.41) is 11.5. The van der Waals surface area contributed by atoms with Crippen LogP contribution in [0.4, 0.5) is 0 Å². The molecule has 1 aromatic carbocycles. The van der Waals surface area contributed by atoms with Crippen molar-refractivity contribution in [2.45, 2.75) is 253 Å². The van der Waals surface area contributed by atoms with Gasteiger partial charge < -0.3 is 70.1 Å². The van der Waals surface area contributed by atoms with Crippen molar-refractivity contribution in [3.8, 4) is 0 Å². The highest BCUT2D eigenvalue weighted by Crippen LogP contribution is 2.25. The minimum Gasteiger partial charge on any atom is -0.373 e. The summed E-state index contributed by atoms with van der Waals surface area (Å²) < 4.78 is 6.20. The Balaban J connectivity index is 2.45. The van der Waals surface area contributed by atoms with Crippen LogP contribution in [0.15, 0.2) is 30.3 Å². The molecule has 0 saturated carbocycles. The topological polar surface area (TPSA) is 308 Å². The molecule has 13 amide bonds. The predicted molar refractivity (Wildman–Crippen MR) is 391 cm³/mol. The number of hydrogen-bond acceptors (Lipinski definition) is 14. The van der Waals surface area contributed by atoms with E-state index in [1.165, 1.54) is 92.6 Å². The first-order valence-electron chi connectivity index (χ1n) is 36.6. The van der Waals surface area contributed by atoms with Gasteiger partial charge in [-0.3, -0.25) is 62.3 Å². The second kappa shape index (κ2) is 40.4. The van der Waals surface area contributed by atoms with Crippen molar-refractivity contribution in [1.29, 1.82) is 0 Å². The van der Waals surface area contributed by atoms with E-state index in [0.717, 1.165) is 16.2 Å². The molecule has 0 radical (unpaired) electrons. The Kier molecular flexibility index (Phi) is 35.0. The van der Waals surface area contributed by atoms with Gasteiger partial charge in [0.05, 0.1) is 18.6 Å². The standard InChI is InChI=1S/C75H127N13O14/c1-45(2)37-54-71(98)85(22)58(39-47(5)6)64(91)76-53(33-34-62(89)80(16)17)70(97)82(19)51(12)69(96)83(20)57(38-46(3)4)66(93)79-56(44-102-75(13,14)15)72(99)87(24)61(41-49(9)10)74(101)86(23)59(40-48(7)8)65(92)78-55(73(100)88-35-29-26-30-36-88)43-63(90)81(18)50(11)68(95)84(21)60(67(94)77-54)42-52-31-27-25-28-32-52/h25,27-28,31-32,45-51,53-61H,26,29-30,33-44H2,1-24H3,(H,76,91)(H,77,94)(H,78,92)(H,79,93)/t50-,51-,53-,54-,55-,56-,57-,58-,59-,60-,61-/m0/s1. The molecule has 2 saturated heterocycles. The third-order valence-corrected chi connectivity index (χ3v) is 19.3. The highest BCUT2D eigenvalue weighted by molar-refractivity contribution is 6.00. The zero-order valence-corrected chi connectivity index (χ0v) is 66.0. The molecule has 2 aliphatic heterocycles. The number of hydrogen-bond donors (Lipinski definition) is 4. The first kappa shape index (κ1) is 88.5. The molecule has 0 bridgehead atoms. The Morgan fingerprint density at radius 1 is 0.471 bits per heavy atom. The number of ether oxygens (including phenoxy) is 1. The fourth-order valence-corrected chi connectivity index (χ4v) is 12.7. The van der Waals surface area contributed by atoms with Crippen molar-refractivity contribution < 1.29 is 67.1 Å². The van der Waals surface area contributed by atoms with Crippen molar-refractivity contribution in [2.75, 3.05) is 83.1 Å². The third-order valence-electron chi connectivity index (χ3n) is 19.3. The molecule has 2 fully saturated rings. The monoisotopic (exact) mass is 1430 g/mol. The van der Waals surface area contributed by atoms with E-state index in [9.17, 15) is 19.2 Å². The minimum absolute atomic E-state index is 0.0463. The largest absolute Gasteiger partial charge is 0.373 e. The summed E-state index contributed by atoms with van der Waals surface area (Å²) in [7, 11) is 12.9. The number of carbonyl (C=O) groups is 13. The average molecular weight is 1430 g/mol. The van der Waals surface area contributed by atoms with E-state index in [1.54, 1.807) is 70.1 Å². The highest BCUT2D eigenvalue weighted by Gasteiger charge is 2.44. The number of nitrogens with one attached hydrogen (secondary N) is 4. The second-order valence-electron chi connectivity index (χ2n) is 31.6. The number of piperidine rings is 1. The maximum atomic E-state index is 15.4. The number of amides is 13. The normalized spacial score (nSPS) is 25.4. The van der Waals surface area contributed by atoms with Gasteiger partial charge >= 0.3 is 0 Å². The molecule has 27 nitrogen and oxygen atoms in total. The van der Waals surface area contributed by atoms with E-state index >= 15 is 43.2 Å². The van der Waals surface area contributed by atoms with E-state index < -0.39 is 149 Å². The first-order valence-corrected chi connectivity index (χ1v) is 36.6. The van der Waals surface area contributed by atoms with Crippen LogP contribution in [0.2, 0.25) is 0 Å². The van der Waals surface area contributed by atoms with E-state index in [4.69, 9.17) is 4.74 Å². The van der Waals surface area contributed by atoms with Gasteiger partial charge in [0.2, 0.25) is 76.8 Å². The van der Waals surface area contributed by atoms with Crippen molar-refractivity contribution in [3.05, 3.63) is 35.9 Å². The van der Waals surface area contributed by atoms with Crippen molar-refractivity contribution in [1.82, 2.24) is 65.4 Å². The molecule has 27 heteroatoms. The van der Waals surface area contributed by atoms with Gasteiger partial charge in [-0.1, -0.05) is 99.6 Å². The number of likely N-dealkylation sites (N-methyl/N-ethyl adjacent to an activating group) is 7. The second-order valence-corrected chi connectivity index (χ2v) is 31.6. The van der Waals surface area contributed by atoms with Crippen LogP contribution >= 0.6 is 0 Å². The molecule has 576 valence electrons. The van der Waals surface area contributed by atoms with E-state index in [1.807, 2.05) is 69.2 Å². The molecule has 102 heavy (non-hydrogen) atoms. The van der Waals surface area contributed by atoms with Gasteiger partial charge in [0.1, 0.15) is 66.5 Å². The number of benzene rings is 1. The third kappa shape index (κ3) is 26.2. The summed E-state index contributed by atoms with van der Waals surface area (Å²) >= 11 is 0. The van der Waals surface area contributed by atoms with Crippen molar-refractivity contribution in [2.24, 2.45) is 29.6 Å². The van der Waals surface area contributed by atoms with Crippen molar-refractivity contribution >= 4 is 76.8 Å².